The van der Waals surface area contributed by atoms with Crippen molar-refractivity contribution in [1.82, 2.24) is 15.3 Å². The molecule has 3 aromatic rings. The van der Waals surface area contributed by atoms with Crippen molar-refractivity contribution in [1.29, 1.82) is 0 Å². The normalized spacial score (nSPS) is 11.8. The van der Waals surface area contributed by atoms with Gasteiger partial charge >= 0.3 is 0 Å². The smallest absolute Gasteiger partial charge is 0.251 e. The number of amides is 1. The molecule has 6 heteroatoms. The maximum atomic E-state index is 12.6. The summed E-state index contributed by atoms with van der Waals surface area (Å²) in [5.74, 6) is -0.0850. The highest BCUT2D eigenvalue weighted by atomic mass is 32.1. The summed E-state index contributed by atoms with van der Waals surface area (Å²) >= 11 is 1.55. The monoisotopic (exact) mass is 394 g/mol. The molecule has 0 bridgehead atoms. The lowest BCUT2D eigenvalue weighted by atomic mass is 10.1. The summed E-state index contributed by atoms with van der Waals surface area (Å²) < 4.78 is 0. The summed E-state index contributed by atoms with van der Waals surface area (Å²) in [6.45, 7) is 8.25. The average molecular weight is 395 g/mol. The van der Waals surface area contributed by atoms with Gasteiger partial charge in [0, 0.05) is 47.7 Å². The predicted molar refractivity (Wildman–Crippen MR) is 116 cm³/mol. The number of rotatable bonds is 8. The number of carbonyl (C=O) groups is 1. The summed E-state index contributed by atoms with van der Waals surface area (Å²) in [6.07, 6.45) is 4.61. The first-order valence-corrected chi connectivity index (χ1v) is 10.5. The summed E-state index contributed by atoms with van der Waals surface area (Å²) in [5, 5.41) is 5.94. The Morgan fingerprint density at radius 1 is 1.14 bits per heavy atom. The zero-order chi connectivity index (χ0) is 19.9. The molecule has 0 spiro atoms. The van der Waals surface area contributed by atoms with Crippen LogP contribution in [0, 0.1) is 0 Å². The molecule has 28 heavy (non-hydrogen) atoms. The second-order valence-electron chi connectivity index (χ2n) is 6.63. The summed E-state index contributed by atoms with van der Waals surface area (Å²) in [4.78, 5) is 23.6. The first-order valence-electron chi connectivity index (χ1n) is 9.64. The maximum Gasteiger partial charge on any atom is 0.251 e. The molecule has 1 N–H and O–H groups in total. The third kappa shape index (κ3) is 4.75. The number of pyridine rings is 1. The van der Waals surface area contributed by atoms with Gasteiger partial charge in [-0.25, -0.2) is 4.98 Å². The molecule has 0 aliphatic carbocycles. The van der Waals surface area contributed by atoms with Crippen LogP contribution in [0.1, 0.15) is 48.6 Å². The highest BCUT2D eigenvalue weighted by Crippen LogP contribution is 2.25. The van der Waals surface area contributed by atoms with Crippen LogP contribution < -0.4 is 10.2 Å². The van der Waals surface area contributed by atoms with E-state index in [0.717, 1.165) is 41.5 Å². The lowest BCUT2D eigenvalue weighted by Gasteiger charge is -2.22. The number of hydrogen-bond acceptors (Lipinski definition) is 5. The van der Waals surface area contributed by atoms with Crippen molar-refractivity contribution in [3.05, 3.63) is 64.7 Å². The van der Waals surface area contributed by atoms with E-state index in [9.17, 15) is 4.79 Å². The van der Waals surface area contributed by atoms with E-state index in [-0.39, 0.29) is 11.9 Å². The number of anilines is 1. The predicted octanol–water partition coefficient (Wildman–Crippen LogP) is 4.93. The van der Waals surface area contributed by atoms with Crippen molar-refractivity contribution >= 4 is 22.9 Å². The second-order valence-corrected chi connectivity index (χ2v) is 7.52. The third-order valence-electron chi connectivity index (χ3n) is 4.59. The molecule has 0 fully saturated rings. The quantitative estimate of drug-likeness (QED) is 0.588. The molecule has 2 aromatic heterocycles. The van der Waals surface area contributed by atoms with Gasteiger partial charge in [0.25, 0.3) is 5.91 Å². The summed E-state index contributed by atoms with van der Waals surface area (Å²) in [5.41, 5.74) is 3.74. The zero-order valence-corrected chi connectivity index (χ0v) is 17.4. The fourth-order valence-electron chi connectivity index (χ4n) is 3.05. The average Bonchev–Trinajstić information content (AvgIpc) is 3.23. The lowest BCUT2D eigenvalue weighted by Crippen LogP contribution is -2.27. The summed E-state index contributed by atoms with van der Waals surface area (Å²) in [7, 11) is 0. The Bertz CT molecular complexity index is 892. The first kappa shape index (κ1) is 20.0. The number of benzene rings is 1. The second kappa shape index (κ2) is 9.46. The molecule has 1 aromatic carbocycles. The Balaban J connectivity index is 1.65. The largest absolute Gasteiger partial charge is 0.372 e. The van der Waals surface area contributed by atoms with E-state index >= 15 is 0 Å². The molecule has 146 valence electrons. The van der Waals surface area contributed by atoms with Crippen LogP contribution in [0.3, 0.4) is 0 Å². The van der Waals surface area contributed by atoms with Gasteiger partial charge in [-0.15, -0.1) is 11.3 Å². The molecular formula is C22H26N4OS. The van der Waals surface area contributed by atoms with Crippen LogP contribution in [0.2, 0.25) is 0 Å². The zero-order valence-electron chi connectivity index (χ0n) is 16.6. The molecule has 0 aliphatic heterocycles. The number of nitrogens with zero attached hydrogens (tertiary/aromatic N) is 3. The van der Waals surface area contributed by atoms with Gasteiger partial charge in [0.2, 0.25) is 0 Å². The van der Waals surface area contributed by atoms with Gasteiger partial charge in [0.05, 0.1) is 11.7 Å². The van der Waals surface area contributed by atoms with Gasteiger partial charge in [-0.3, -0.25) is 9.78 Å². The number of nitrogens with one attached hydrogen (secondary N) is 1. The fraction of sp³-hybridized carbons (Fsp3) is 0.318. The minimum absolute atomic E-state index is 0.0850. The van der Waals surface area contributed by atoms with Crippen molar-refractivity contribution in [3.8, 4) is 11.3 Å². The van der Waals surface area contributed by atoms with E-state index < -0.39 is 0 Å². The highest BCUT2D eigenvalue weighted by molar-refractivity contribution is 7.10. The minimum atomic E-state index is -0.153. The molecule has 3 rings (SSSR count). The Kier molecular flexibility index (Phi) is 6.76. The number of hydrogen-bond donors (Lipinski definition) is 1. The van der Waals surface area contributed by atoms with Gasteiger partial charge in [0.15, 0.2) is 0 Å². The first-order chi connectivity index (χ1) is 13.6. The number of aromatic nitrogens is 2. The van der Waals surface area contributed by atoms with E-state index in [2.05, 4.69) is 34.0 Å². The van der Waals surface area contributed by atoms with Gasteiger partial charge in [-0.05, 0) is 56.7 Å². The van der Waals surface area contributed by atoms with Crippen molar-refractivity contribution in [2.24, 2.45) is 0 Å². The molecule has 5 nitrogen and oxygen atoms in total. The molecule has 1 amide bonds. The van der Waals surface area contributed by atoms with Crippen LogP contribution >= 0.6 is 11.3 Å². The highest BCUT2D eigenvalue weighted by Gasteiger charge is 2.15. The third-order valence-corrected chi connectivity index (χ3v) is 5.61. The molecule has 0 aliphatic rings. The van der Waals surface area contributed by atoms with E-state index in [1.807, 2.05) is 48.7 Å². The standard InChI is InChI=1S/C22H26N4OS/c1-4-14-26(5-2)19-8-6-18(7-9-19)21(27)24-16(3)22-25-20(15-28-22)17-10-12-23-13-11-17/h6-13,15-16H,4-5,14H2,1-3H3,(H,24,27). The van der Waals surface area contributed by atoms with Crippen molar-refractivity contribution < 1.29 is 4.79 Å². The van der Waals surface area contributed by atoms with Crippen molar-refractivity contribution in [3.63, 3.8) is 0 Å². The van der Waals surface area contributed by atoms with E-state index in [4.69, 9.17) is 0 Å². The van der Waals surface area contributed by atoms with Gasteiger partial charge < -0.3 is 10.2 Å². The van der Waals surface area contributed by atoms with Crippen LogP contribution in [-0.2, 0) is 0 Å². The topological polar surface area (TPSA) is 58.1 Å². The SMILES string of the molecule is CCCN(CC)c1ccc(C(=O)NC(C)c2nc(-c3ccncc3)cs2)cc1. The summed E-state index contributed by atoms with van der Waals surface area (Å²) in [6, 6.07) is 11.5. The Morgan fingerprint density at radius 2 is 1.86 bits per heavy atom. The van der Waals surface area contributed by atoms with E-state index in [1.54, 1.807) is 23.7 Å². The molecule has 0 radical (unpaired) electrons. The van der Waals surface area contributed by atoms with Gasteiger partial charge in [-0.2, -0.15) is 0 Å². The van der Waals surface area contributed by atoms with Crippen LogP contribution in [0.25, 0.3) is 11.3 Å². The van der Waals surface area contributed by atoms with E-state index in [1.165, 1.54) is 0 Å². The minimum Gasteiger partial charge on any atom is -0.372 e. The van der Waals surface area contributed by atoms with Crippen LogP contribution in [0.5, 0.6) is 0 Å². The lowest BCUT2D eigenvalue weighted by molar-refractivity contribution is 0.0940. The molecule has 0 saturated heterocycles. The Morgan fingerprint density at radius 3 is 2.50 bits per heavy atom. The maximum absolute atomic E-state index is 12.6. The molecule has 1 atom stereocenters. The molecule has 0 saturated carbocycles. The molecule has 2 heterocycles. The Labute approximate surface area is 170 Å². The number of thiazole rings is 1. The van der Waals surface area contributed by atoms with Crippen LogP contribution in [-0.4, -0.2) is 29.0 Å². The Hall–Kier alpha value is -2.73. The van der Waals surface area contributed by atoms with Gasteiger partial charge in [0.1, 0.15) is 5.01 Å². The number of carbonyl (C=O) groups excluding carboxylic acids is 1. The van der Waals surface area contributed by atoms with Crippen LogP contribution in [0.15, 0.2) is 54.2 Å². The van der Waals surface area contributed by atoms with Crippen molar-refractivity contribution in [2.45, 2.75) is 33.2 Å². The van der Waals surface area contributed by atoms with E-state index in [0.29, 0.717) is 5.56 Å². The van der Waals surface area contributed by atoms with Crippen LogP contribution in [0.4, 0.5) is 5.69 Å². The fourth-order valence-corrected chi connectivity index (χ4v) is 3.88. The van der Waals surface area contributed by atoms with Crippen molar-refractivity contribution in [2.75, 3.05) is 18.0 Å². The van der Waals surface area contributed by atoms with Gasteiger partial charge in [-0.1, -0.05) is 6.92 Å². The molecular weight excluding hydrogens is 368 g/mol. The molecule has 1 unspecified atom stereocenters.